The van der Waals surface area contributed by atoms with Crippen molar-refractivity contribution in [2.45, 2.75) is 30.6 Å². The van der Waals surface area contributed by atoms with E-state index in [0.717, 1.165) is 18.5 Å². The SMILES string of the molecule is CSC1CCC(Nc2ccc([N+](=O)[O-])cc2N)C1. The zero-order valence-corrected chi connectivity index (χ0v) is 11.1. The predicted octanol–water partition coefficient (Wildman–Crippen LogP) is 2.87. The minimum Gasteiger partial charge on any atom is -0.397 e. The third-order valence-electron chi connectivity index (χ3n) is 3.32. The summed E-state index contributed by atoms with van der Waals surface area (Å²) >= 11 is 1.90. The molecule has 0 radical (unpaired) electrons. The second-order valence-corrected chi connectivity index (χ2v) is 5.68. The zero-order chi connectivity index (χ0) is 13.1. The van der Waals surface area contributed by atoms with Crippen LogP contribution in [0.4, 0.5) is 17.1 Å². The normalized spacial score (nSPS) is 22.9. The van der Waals surface area contributed by atoms with E-state index in [1.807, 2.05) is 11.8 Å². The van der Waals surface area contributed by atoms with Gasteiger partial charge in [0.05, 0.1) is 16.3 Å². The Morgan fingerprint density at radius 1 is 1.50 bits per heavy atom. The van der Waals surface area contributed by atoms with Crippen molar-refractivity contribution in [3.63, 3.8) is 0 Å². The number of rotatable bonds is 4. The first kappa shape index (κ1) is 13.0. The molecule has 1 aliphatic carbocycles. The number of thioether (sulfide) groups is 1. The van der Waals surface area contributed by atoms with Gasteiger partial charge in [0.15, 0.2) is 0 Å². The molecule has 1 aliphatic rings. The van der Waals surface area contributed by atoms with Crippen molar-refractivity contribution in [3.8, 4) is 0 Å². The molecule has 1 aromatic rings. The summed E-state index contributed by atoms with van der Waals surface area (Å²) in [5.74, 6) is 0. The maximum atomic E-state index is 10.6. The highest BCUT2D eigenvalue weighted by atomic mass is 32.2. The third kappa shape index (κ3) is 2.87. The summed E-state index contributed by atoms with van der Waals surface area (Å²) in [6.07, 6.45) is 5.60. The topological polar surface area (TPSA) is 81.2 Å². The number of nitrogen functional groups attached to an aromatic ring is 1. The van der Waals surface area contributed by atoms with Gasteiger partial charge in [0.2, 0.25) is 0 Å². The summed E-state index contributed by atoms with van der Waals surface area (Å²) in [6.45, 7) is 0. The molecule has 2 unspecified atom stereocenters. The monoisotopic (exact) mass is 267 g/mol. The number of nitro benzene ring substituents is 1. The fourth-order valence-corrected chi connectivity index (χ4v) is 3.10. The Kier molecular flexibility index (Phi) is 3.96. The Labute approximate surface area is 110 Å². The molecule has 0 amide bonds. The average molecular weight is 267 g/mol. The number of benzene rings is 1. The maximum absolute atomic E-state index is 10.6. The molecule has 1 fully saturated rings. The molecule has 2 rings (SSSR count). The smallest absolute Gasteiger partial charge is 0.271 e. The molecule has 18 heavy (non-hydrogen) atoms. The summed E-state index contributed by atoms with van der Waals surface area (Å²) in [5, 5.41) is 14.7. The summed E-state index contributed by atoms with van der Waals surface area (Å²) in [5.41, 5.74) is 7.11. The van der Waals surface area contributed by atoms with Crippen molar-refractivity contribution in [1.82, 2.24) is 0 Å². The van der Waals surface area contributed by atoms with E-state index in [2.05, 4.69) is 11.6 Å². The van der Waals surface area contributed by atoms with E-state index < -0.39 is 4.92 Å². The van der Waals surface area contributed by atoms with E-state index in [1.165, 1.54) is 18.6 Å². The van der Waals surface area contributed by atoms with Crippen molar-refractivity contribution in [3.05, 3.63) is 28.3 Å². The van der Waals surface area contributed by atoms with Crippen LogP contribution >= 0.6 is 11.8 Å². The van der Waals surface area contributed by atoms with Crippen LogP contribution in [0.5, 0.6) is 0 Å². The van der Waals surface area contributed by atoms with Gasteiger partial charge < -0.3 is 11.1 Å². The minimum absolute atomic E-state index is 0.0338. The highest BCUT2D eigenvalue weighted by Gasteiger charge is 2.24. The Morgan fingerprint density at radius 2 is 2.28 bits per heavy atom. The lowest BCUT2D eigenvalue weighted by Crippen LogP contribution is -2.16. The number of anilines is 2. The summed E-state index contributed by atoms with van der Waals surface area (Å²) in [7, 11) is 0. The fraction of sp³-hybridized carbons (Fsp3) is 0.500. The van der Waals surface area contributed by atoms with Gasteiger partial charge >= 0.3 is 0 Å². The van der Waals surface area contributed by atoms with E-state index in [-0.39, 0.29) is 5.69 Å². The molecule has 5 nitrogen and oxygen atoms in total. The van der Waals surface area contributed by atoms with Gasteiger partial charge in [-0.15, -0.1) is 0 Å². The van der Waals surface area contributed by atoms with Crippen LogP contribution < -0.4 is 11.1 Å². The maximum Gasteiger partial charge on any atom is 0.271 e. The molecule has 6 heteroatoms. The van der Waals surface area contributed by atoms with Gasteiger partial charge in [-0.1, -0.05) is 0 Å². The molecule has 0 spiro atoms. The standard InChI is InChI=1S/C12H17N3O2S/c1-18-10-4-2-8(6-10)14-12-5-3-9(15(16)17)7-11(12)13/h3,5,7-8,10,14H,2,4,6,13H2,1H3. The Hall–Kier alpha value is -1.43. The van der Waals surface area contributed by atoms with Crippen LogP contribution in [0.25, 0.3) is 0 Å². The van der Waals surface area contributed by atoms with Crippen molar-refractivity contribution < 1.29 is 4.92 Å². The van der Waals surface area contributed by atoms with Gasteiger partial charge in [-0.05, 0) is 31.6 Å². The van der Waals surface area contributed by atoms with Crippen LogP contribution in [0.2, 0.25) is 0 Å². The van der Waals surface area contributed by atoms with Crippen LogP contribution in [-0.2, 0) is 0 Å². The van der Waals surface area contributed by atoms with E-state index >= 15 is 0 Å². The highest BCUT2D eigenvalue weighted by molar-refractivity contribution is 7.99. The molecular formula is C12H17N3O2S. The first-order chi connectivity index (χ1) is 8.60. The third-order valence-corrected chi connectivity index (χ3v) is 4.42. The lowest BCUT2D eigenvalue weighted by Gasteiger charge is -2.15. The molecule has 0 bridgehead atoms. The lowest BCUT2D eigenvalue weighted by atomic mass is 10.2. The molecule has 2 atom stereocenters. The first-order valence-electron chi connectivity index (χ1n) is 5.93. The lowest BCUT2D eigenvalue weighted by molar-refractivity contribution is -0.384. The van der Waals surface area contributed by atoms with Gasteiger partial charge in [0, 0.05) is 23.4 Å². The van der Waals surface area contributed by atoms with E-state index in [0.29, 0.717) is 17.0 Å². The Bertz CT molecular complexity index is 453. The number of nitrogens with one attached hydrogen (secondary N) is 1. The molecule has 98 valence electrons. The van der Waals surface area contributed by atoms with Gasteiger partial charge in [-0.2, -0.15) is 11.8 Å². The number of nitrogens with two attached hydrogens (primary N) is 1. The van der Waals surface area contributed by atoms with Gasteiger partial charge in [-0.3, -0.25) is 10.1 Å². The van der Waals surface area contributed by atoms with Crippen LogP contribution in [0.15, 0.2) is 18.2 Å². The van der Waals surface area contributed by atoms with Crippen molar-refractivity contribution in [2.75, 3.05) is 17.3 Å². The number of non-ortho nitro benzene ring substituents is 1. The summed E-state index contributed by atoms with van der Waals surface area (Å²) < 4.78 is 0. The van der Waals surface area contributed by atoms with Crippen molar-refractivity contribution in [1.29, 1.82) is 0 Å². The van der Waals surface area contributed by atoms with E-state index in [1.54, 1.807) is 6.07 Å². The number of nitrogens with zero attached hydrogens (tertiary/aromatic N) is 1. The molecule has 1 aromatic carbocycles. The Balaban J connectivity index is 2.04. The van der Waals surface area contributed by atoms with Crippen LogP contribution in [0.3, 0.4) is 0 Å². The molecular weight excluding hydrogens is 250 g/mol. The van der Waals surface area contributed by atoms with Crippen molar-refractivity contribution in [2.24, 2.45) is 0 Å². The minimum atomic E-state index is -0.431. The van der Waals surface area contributed by atoms with Gasteiger partial charge in [-0.25, -0.2) is 0 Å². The molecule has 0 saturated heterocycles. The summed E-state index contributed by atoms with van der Waals surface area (Å²) in [4.78, 5) is 10.2. The van der Waals surface area contributed by atoms with Crippen LogP contribution in [0, 0.1) is 10.1 Å². The molecule has 3 N–H and O–H groups in total. The second-order valence-electron chi connectivity index (χ2n) is 4.54. The molecule has 0 heterocycles. The fourth-order valence-electron chi connectivity index (χ4n) is 2.30. The average Bonchev–Trinajstić information content (AvgIpc) is 2.79. The predicted molar refractivity (Wildman–Crippen MR) is 76.1 cm³/mol. The Morgan fingerprint density at radius 3 is 2.83 bits per heavy atom. The van der Waals surface area contributed by atoms with Gasteiger partial charge in [0.1, 0.15) is 0 Å². The largest absolute Gasteiger partial charge is 0.397 e. The van der Waals surface area contributed by atoms with E-state index in [9.17, 15) is 10.1 Å². The second kappa shape index (κ2) is 5.48. The first-order valence-corrected chi connectivity index (χ1v) is 7.22. The molecule has 0 aromatic heterocycles. The highest BCUT2D eigenvalue weighted by Crippen LogP contribution is 2.32. The van der Waals surface area contributed by atoms with Gasteiger partial charge in [0.25, 0.3) is 5.69 Å². The quantitative estimate of drug-likeness (QED) is 0.498. The molecule has 1 saturated carbocycles. The van der Waals surface area contributed by atoms with Crippen LogP contribution in [-0.4, -0.2) is 22.5 Å². The number of nitro groups is 1. The summed E-state index contributed by atoms with van der Waals surface area (Å²) in [6, 6.07) is 5.01. The molecule has 0 aliphatic heterocycles. The number of hydrogen-bond acceptors (Lipinski definition) is 5. The van der Waals surface area contributed by atoms with E-state index in [4.69, 9.17) is 5.73 Å². The number of hydrogen-bond donors (Lipinski definition) is 2. The van der Waals surface area contributed by atoms with Crippen molar-refractivity contribution >= 4 is 28.8 Å². The zero-order valence-electron chi connectivity index (χ0n) is 10.3. The van der Waals surface area contributed by atoms with Crippen LogP contribution in [0.1, 0.15) is 19.3 Å².